The molecule has 0 spiro atoms. The third kappa shape index (κ3) is 1.70. The van der Waals surface area contributed by atoms with Crippen LogP contribution in [-0.4, -0.2) is 12.0 Å². The van der Waals surface area contributed by atoms with Crippen molar-refractivity contribution in [1.29, 1.82) is 0 Å². The van der Waals surface area contributed by atoms with Crippen molar-refractivity contribution in [2.75, 3.05) is 12.5 Å². The van der Waals surface area contributed by atoms with E-state index >= 15 is 0 Å². The molecule has 0 aliphatic heterocycles. The summed E-state index contributed by atoms with van der Waals surface area (Å²) in [6, 6.07) is 3.93. The highest BCUT2D eigenvalue weighted by Gasteiger charge is 1.88. The molecule has 0 amide bonds. The lowest BCUT2D eigenvalue weighted by molar-refractivity contribution is 0.964. The van der Waals surface area contributed by atoms with Crippen molar-refractivity contribution in [3.63, 3.8) is 0 Å². The van der Waals surface area contributed by atoms with Gasteiger partial charge in [-0.25, -0.2) is 10.4 Å². The molecule has 54 valence electrons. The molecule has 1 rings (SSSR count). The zero-order chi connectivity index (χ0) is 7.40. The van der Waals surface area contributed by atoms with E-state index in [1.54, 1.807) is 6.20 Å². The molecule has 0 aliphatic carbocycles. The molecule has 0 radical (unpaired) electrons. The summed E-state index contributed by atoms with van der Waals surface area (Å²) in [5.74, 6) is 0.850. The molecule has 0 aliphatic rings. The minimum Gasteiger partial charge on any atom is -0.306 e. The topological polar surface area (TPSA) is 37.0 Å². The fourth-order valence-electron chi connectivity index (χ4n) is 0.733. The van der Waals surface area contributed by atoms with E-state index in [0.29, 0.717) is 0 Å². The molecule has 0 saturated heterocycles. The number of hydrogen-bond acceptors (Lipinski definition) is 3. The summed E-state index contributed by atoms with van der Waals surface area (Å²) >= 11 is 0. The number of rotatable bonds is 2. The van der Waals surface area contributed by atoms with Crippen molar-refractivity contribution in [3.8, 4) is 0 Å². The van der Waals surface area contributed by atoms with Crippen LogP contribution in [0, 0.1) is 6.92 Å². The summed E-state index contributed by atoms with van der Waals surface area (Å²) in [5.41, 5.74) is 6.89. The Morgan fingerprint density at radius 1 is 1.50 bits per heavy atom. The molecular weight excluding hydrogens is 126 g/mol. The van der Waals surface area contributed by atoms with E-state index in [0.717, 1.165) is 5.82 Å². The average Bonchev–Trinajstić information content (AvgIpc) is 1.88. The van der Waals surface area contributed by atoms with E-state index in [1.165, 1.54) is 5.56 Å². The third-order valence-electron chi connectivity index (χ3n) is 1.17. The number of anilines is 1. The maximum absolute atomic E-state index is 4.06. The van der Waals surface area contributed by atoms with E-state index in [-0.39, 0.29) is 0 Å². The predicted octanol–water partition coefficient (Wildman–Crippen LogP) is 0.936. The quantitative estimate of drug-likeness (QED) is 0.595. The van der Waals surface area contributed by atoms with Gasteiger partial charge in [0.2, 0.25) is 0 Å². The largest absolute Gasteiger partial charge is 0.306 e. The Bertz CT molecular complexity index is 210. The number of hydrogen-bond donors (Lipinski definition) is 2. The smallest absolute Gasteiger partial charge is 0.140 e. The van der Waals surface area contributed by atoms with Crippen molar-refractivity contribution >= 4 is 5.82 Å². The van der Waals surface area contributed by atoms with Crippen molar-refractivity contribution in [2.45, 2.75) is 6.92 Å². The fourth-order valence-corrected chi connectivity index (χ4v) is 0.733. The van der Waals surface area contributed by atoms with Gasteiger partial charge in [0, 0.05) is 13.2 Å². The van der Waals surface area contributed by atoms with E-state index in [1.807, 2.05) is 26.1 Å². The van der Waals surface area contributed by atoms with Gasteiger partial charge in [-0.1, -0.05) is 0 Å². The highest BCUT2D eigenvalue weighted by Crippen LogP contribution is 2.02. The van der Waals surface area contributed by atoms with Crippen LogP contribution in [-0.2, 0) is 0 Å². The number of hydrazine groups is 1. The SMILES string of the molecule is CNNc1cc(C)ccn1. The molecule has 2 N–H and O–H groups in total. The van der Waals surface area contributed by atoms with Gasteiger partial charge in [-0.3, -0.25) is 0 Å². The highest BCUT2D eigenvalue weighted by atomic mass is 15.4. The predicted molar refractivity (Wildman–Crippen MR) is 41.7 cm³/mol. The number of pyridine rings is 1. The molecule has 0 unspecified atom stereocenters. The molecule has 1 aromatic heterocycles. The van der Waals surface area contributed by atoms with Gasteiger partial charge in [-0.2, -0.15) is 0 Å². The van der Waals surface area contributed by atoms with Crippen molar-refractivity contribution in [3.05, 3.63) is 23.9 Å². The Balaban J connectivity index is 2.75. The molecule has 3 nitrogen and oxygen atoms in total. The van der Waals surface area contributed by atoms with Crippen LogP contribution in [0.25, 0.3) is 0 Å². The Hall–Kier alpha value is -1.09. The molecule has 1 heterocycles. The van der Waals surface area contributed by atoms with Crippen LogP contribution < -0.4 is 10.9 Å². The monoisotopic (exact) mass is 137 g/mol. The van der Waals surface area contributed by atoms with E-state index < -0.39 is 0 Å². The van der Waals surface area contributed by atoms with Crippen LogP contribution in [0.15, 0.2) is 18.3 Å². The summed E-state index contributed by atoms with van der Waals surface area (Å²) in [7, 11) is 1.81. The first kappa shape index (κ1) is 7.02. The normalized spacial score (nSPS) is 9.40. The molecule has 10 heavy (non-hydrogen) atoms. The summed E-state index contributed by atoms with van der Waals surface area (Å²) < 4.78 is 0. The number of nitrogens with one attached hydrogen (secondary N) is 2. The second-order valence-electron chi connectivity index (χ2n) is 2.09. The summed E-state index contributed by atoms with van der Waals surface area (Å²) in [5, 5.41) is 0. The van der Waals surface area contributed by atoms with Gasteiger partial charge in [0.25, 0.3) is 0 Å². The molecule has 1 aromatic rings. The van der Waals surface area contributed by atoms with Gasteiger partial charge in [-0.15, -0.1) is 0 Å². The van der Waals surface area contributed by atoms with Crippen LogP contribution >= 0.6 is 0 Å². The van der Waals surface area contributed by atoms with Crippen LogP contribution in [0.3, 0.4) is 0 Å². The Morgan fingerprint density at radius 3 is 2.90 bits per heavy atom. The molecule has 0 atom stereocenters. The maximum atomic E-state index is 4.06. The average molecular weight is 137 g/mol. The van der Waals surface area contributed by atoms with Gasteiger partial charge in [0.1, 0.15) is 5.82 Å². The van der Waals surface area contributed by atoms with Crippen LogP contribution in [0.1, 0.15) is 5.56 Å². The van der Waals surface area contributed by atoms with Gasteiger partial charge in [-0.05, 0) is 24.6 Å². The van der Waals surface area contributed by atoms with Gasteiger partial charge in [0.15, 0.2) is 0 Å². The summed E-state index contributed by atoms with van der Waals surface area (Å²) in [4.78, 5) is 4.06. The Kier molecular flexibility index (Phi) is 2.23. The first-order valence-electron chi connectivity index (χ1n) is 3.18. The van der Waals surface area contributed by atoms with Gasteiger partial charge in [0.05, 0.1) is 0 Å². The lowest BCUT2D eigenvalue weighted by Crippen LogP contribution is -2.15. The summed E-state index contributed by atoms with van der Waals surface area (Å²) in [6.45, 7) is 2.03. The second kappa shape index (κ2) is 3.17. The second-order valence-corrected chi connectivity index (χ2v) is 2.09. The zero-order valence-electron chi connectivity index (χ0n) is 6.18. The van der Waals surface area contributed by atoms with Crippen molar-refractivity contribution < 1.29 is 0 Å². The number of nitrogens with zero attached hydrogens (tertiary/aromatic N) is 1. The first-order chi connectivity index (χ1) is 4.83. The highest BCUT2D eigenvalue weighted by molar-refractivity contribution is 5.35. The van der Waals surface area contributed by atoms with E-state index in [2.05, 4.69) is 15.8 Å². The Morgan fingerprint density at radius 2 is 2.30 bits per heavy atom. The van der Waals surface area contributed by atoms with E-state index in [4.69, 9.17) is 0 Å². The lowest BCUT2D eigenvalue weighted by Gasteiger charge is -2.01. The minimum absolute atomic E-state index is 0.850. The van der Waals surface area contributed by atoms with Crippen LogP contribution in [0.4, 0.5) is 5.82 Å². The standard InChI is InChI=1S/C7H11N3/c1-6-3-4-9-7(5-6)10-8-2/h3-5,8H,1-2H3,(H,9,10). The lowest BCUT2D eigenvalue weighted by atomic mass is 10.3. The molecule has 0 fully saturated rings. The Labute approximate surface area is 60.5 Å². The number of aromatic nitrogens is 1. The molecular formula is C7H11N3. The molecule has 0 aromatic carbocycles. The van der Waals surface area contributed by atoms with Gasteiger partial charge < -0.3 is 5.43 Å². The summed E-state index contributed by atoms with van der Waals surface area (Å²) in [6.07, 6.45) is 1.77. The van der Waals surface area contributed by atoms with Crippen LogP contribution in [0.2, 0.25) is 0 Å². The first-order valence-corrected chi connectivity index (χ1v) is 3.18. The van der Waals surface area contributed by atoms with Crippen LogP contribution in [0.5, 0.6) is 0 Å². The fraction of sp³-hybridized carbons (Fsp3) is 0.286. The van der Waals surface area contributed by atoms with Crippen molar-refractivity contribution in [1.82, 2.24) is 10.4 Å². The zero-order valence-corrected chi connectivity index (χ0v) is 6.18. The number of aryl methyl sites for hydroxylation is 1. The van der Waals surface area contributed by atoms with E-state index in [9.17, 15) is 0 Å². The third-order valence-corrected chi connectivity index (χ3v) is 1.17. The molecule has 0 bridgehead atoms. The minimum atomic E-state index is 0.850. The molecule has 3 heteroatoms. The maximum Gasteiger partial charge on any atom is 0.140 e. The molecule has 0 saturated carbocycles. The van der Waals surface area contributed by atoms with Gasteiger partial charge >= 0.3 is 0 Å². The van der Waals surface area contributed by atoms with Crippen molar-refractivity contribution in [2.24, 2.45) is 0 Å².